The number of hydrogen-bond acceptors (Lipinski definition) is 3. The van der Waals surface area contributed by atoms with Crippen LogP contribution < -0.4 is 0 Å². The summed E-state index contributed by atoms with van der Waals surface area (Å²) in [4.78, 5) is 14.1. The summed E-state index contributed by atoms with van der Waals surface area (Å²) in [6, 6.07) is 7.89. The zero-order chi connectivity index (χ0) is 14.3. The monoisotopic (exact) mass is 311 g/mol. The number of halogens is 1. The number of carbonyl (C=O) groups excluding carboxylic acids is 1. The fraction of sp³-hybridized carbons (Fsp3) is 0.533. The van der Waals surface area contributed by atoms with Crippen LogP contribution >= 0.6 is 24.2 Å². The third kappa shape index (κ3) is 2.45. The molecule has 0 unspecified atom stereocenters. The standard InChI is InChI=1S/C15H18ClNO2S/c16-10-3-1-9(2-4-10)13-14(20)15(19)17(13)11-5-7-12(18)8-6-11/h1-4,11-14,18,20H,5-8H2/t11?,12?,13-,14-/m1/s1. The van der Waals surface area contributed by atoms with E-state index in [1.165, 1.54) is 0 Å². The molecule has 0 aromatic heterocycles. The van der Waals surface area contributed by atoms with E-state index in [0.717, 1.165) is 31.2 Å². The van der Waals surface area contributed by atoms with E-state index < -0.39 is 0 Å². The molecular weight excluding hydrogens is 294 g/mol. The molecule has 0 bridgehead atoms. The van der Waals surface area contributed by atoms with Crippen molar-refractivity contribution in [1.82, 2.24) is 4.90 Å². The highest BCUT2D eigenvalue weighted by molar-refractivity contribution is 7.82. The van der Waals surface area contributed by atoms with Gasteiger partial charge in [-0.2, -0.15) is 12.6 Å². The normalized spacial score (nSPS) is 34.0. The quantitative estimate of drug-likeness (QED) is 0.651. The van der Waals surface area contributed by atoms with Crippen molar-refractivity contribution in [2.45, 2.75) is 49.1 Å². The van der Waals surface area contributed by atoms with Gasteiger partial charge in [0.15, 0.2) is 0 Å². The highest BCUT2D eigenvalue weighted by atomic mass is 35.5. The lowest BCUT2D eigenvalue weighted by molar-refractivity contribution is -0.150. The van der Waals surface area contributed by atoms with Gasteiger partial charge in [0.25, 0.3) is 0 Å². The minimum absolute atomic E-state index is 0.0309. The zero-order valence-electron chi connectivity index (χ0n) is 11.1. The molecule has 108 valence electrons. The van der Waals surface area contributed by atoms with E-state index in [0.29, 0.717) is 5.02 Å². The van der Waals surface area contributed by atoms with Gasteiger partial charge in [0.2, 0.25) is 5.91 Å². The van der Waals surface area contributed by atoms with Crippen molar-refractivity contribution < 1.29 is 9.90 Å². The molecule has 2 aliphatic rings. The maximum Gasteiger partial charge on any atom is 0.238 e. The summed E-state index contributed by atoms with van der Waals surface area (Å²) in [7, 11) is 0. The number of amides is 1. The van der Waals surface area contributed by atoms with Crippen LogP contribution in [0.3, 0.4) is 0 Å². The maximum absolute atomic E-state index is 12.2. The number of hydrogen-bond donors (Lipinski definition) is 2. The Morgan fingerprint density at radius 3 is 2.35 bits per heavy atom. The number of β-lactam (4-membered cyclic amide) rings is 1. The highest BCUT2D eigenvalue weighted by Crippen LogP contribution is 2.43. The number of aliphatic hydroxyl groups is 1. The first-order valence-electron chi connectivity index (χ1n) is 7.01. The van der Waals surface area contributed by atoms with Gasteiger partial charge < -0.3 is 10.0 Å². The molecule has 2 fully saturated rings. The van der Waals surface area contributed by atoms with Crippen molar-refractivity contribution in [2.24, 2.45) is 0 Å². The number of likely N-dealkylation sites (tertiary alicyclic amines) is 1. The van der Waals surface area contributed by atoms with E-state index >= 15 is 0 Å². The second-order valence-electron chi connectivity index (χ2n) is 5.65. The molecule has 1 aliphatic carbocycles. The SMILES string of the molecule is O=C1[C@H](S)[C@@H](c2ccc(Cl)cc2)N1C1CCC(O)CC1. The van der Waals surface area contributed by atoms with Gasteiger partial charge in [0, 0.05) is 11.1 Å². The average molecular weight is 312 g/mol. The van der Waals surface area contributed by atoms with Crippen molar-refractivity contribution in [3.8, 4) is 0 Å². The number of nitrogens with zero attached hydrogens (tertiary/aromatic N) is 1. The fourth-order valence-electron chi connectivity index (χ4n) is 3.24. The van der Waals surface area contributed by atoms with Crippen LogP contribution in [0, 0.1) is 0 Å². The minimum Gasteiger partial charge on any atom is -0.393 e. The van der Waals surface area contributed by atoms with Crippen LogP contribution in [0.5, 0.6) is 0 Å². The van der Waals surface area contributed by atoms with Gasteiger partial charge in [-0.05, 0) is 43.4 Å². The molecule has 1 saturated heterocycles. The summed E-state index contributed by atoms with van der Waals surface area (Å²) < 4.78 is 0. The van der Waals surface area contributed by atoms with Gasteiger partial charge in [0.05, 0.1) is 12.1 Å². The van der Waals surface area contributed by atoms with Gasteiger partial charge in [-0.15, -0.1) is 0 Å². The van der Waals surface area contributed by atoms with E-state index in [4.69, 9.17) is 11.6 Å². The van der Waals surface area contributed by atoms with Gasteiger partial charge in [-0.3, -0.25) is 4.79 Å². The molecule has 3 rings (SSSR count). The Hall–Kier alpha value is -0.710. The summed E-state index contributed by atoms with van der Waals surface area (Å²) >= 11 is 10.4. The minimum atomic E-state index is -0.261. The van der Waals surface area contributed by atoms with Crippen LogP contribution in [-0.4, -0.2) is 33.3 Å². The molecular formula is C15H18ClNO2S. The Bertz CT molecular complexity index is 499. The topological polar surface area (TPSA) is 40.5 Å². The lowest BCUT2D eigenvalue weighted by Gasteiger charge is -2.51. The van der Waals surface area contributed by atoms with Gasteiger partial charge in [-0.25, -0.2) is 0 Å². The number of thiol groups is 1. The van der Waals surface area contributed by atoms with E-state index in [2.05, 4.69) is 12.6 Å². The van der Waals surface area contributed by atoms with Crippen LogP contribution in [0.2, 0.25) is 5.02 Å². The number of aliphatic hydroxyl groups excluding tert-OH is 1. The molecule has 3 nitrogen and oxygen atoms in total. The summed E-state index contributed by atoms with van der Waals surface area (Å²) in [6.45, 7) is 0. The molecule has 1 aromatic rings. The molecule has 1 N–H and O–H groups in total. The lowest BCUT2D eigenvalue weighted by Crippen LogP contribution is -2.60. The van der Waals surface area contributed by atoms with Crippen molar-refractivity contribution in [3.05, 3.63) is 34.9 Å². The van der Waals surface area contributed by atoms with Crippen molar-refractivity contribution in [3.63, 3.8) is 0 Å². The summed E-state index contributed by atoms with van der Waals surface area (Å²) in [6.07, 6.45) is 3.09. The molecule has 1 aromatic carbocycles. The molecule has 1 amide bonds. The molecule has 5 heteroatoms. The largest absolute Gasteiger partial charge is 0.393 e. The smallest absolute Gasteiger partial charge is 0.238 e. The van der Waals surface area contributed by atoms with Crippen LogP contribution in [0.25, 0.3) is 0 Å². The molecule has 20 heavy (non-hydrogen) atoms. The molecule has 0 spiro atoms. The van der Waals surface area contributed by atoms with Crippen LogP contribution in [-0.2, 0) is 4.79 Å². The summed E-state index contributed by atoms with van der Waals surface area (Å²) in [5, 5.41) is 10.0. The van der Waals surface area contributed by atoms with E-state index in [1.807, 2.05) is 29.2 Å². The molecule has 2 atom stereocenters. The number of rotatable bonds is 2. The Morgan fingerprint density at radius 1 is 1.15 bits per heavy atom. The third-order valence-corrected chi connectivity index (χ3v) is 5.13. The molecule has 1 saturated carbocycles. The van der Waals surface area contributed by atoms with Crippen molar-refractivity contribution >= 4 is 30.1 Å². The zero-order valence-corrected chi connectivity index (χ0v) is 12.7. The van der Waals surface area contributed by atoms with Crippen LogP contribution in [0.4, 0.5) is 0 Å². The second-order valence-corrected chi connectivity index (χ2v) is 6.64. The molecule has 1 aliphatic heterocycles. The van der Waals surface area contributed by atoms with Crippen LogP contribution in [0.15, 0.2) is 24.3 Å². The number of benzene rings is 1. The van der Waals surface area contributed by atoms with Gasteiger partial charge in [0.1, 0.15) is 5.25 Å². The van der Waals surface area contributed by atoms with Crippen LogP contribution in [0.1, 0.15) is 37.3 Å². The second kappa shape index (κ2) is 5.58. The Kier molecular flexibility index (Phi) is 3.98. The Balaban J connectivity index is 1.79. The highest BCUT2D eigenvalue weighted by Gasteiger charge is 2.49. The molecule has 0 radical (unpaired) electrons. The predicted molar refractivity (Wildman–Crippen MR) is 82.1 cm³/mol. The third-order valence-electron chi connectivity index (χ3n) is 4.38. The molecule has 1 heterocycles. The van der Waals surface area contributed by atoms with E-state index in [-0.39, 0.29) is 29.3 Å². The first kappa shape index (κ1) is 14.2. The van der Waals surface area contributed by atoms with E-state index in [9.17, 15) is 9.90 Å². The fourth-order valence-corrected chi connectivity index (χ4v) is 3.82. The first-order valence-corrected chi connectivity index (χ1v) is 7.91. The Morgan fingerprint density at radius 2 is 1.75 bits per heavy atom. The summed E-state index contributed by atoms with van der Waals surface area (Å²) in [5.41, 5.74) is 1.08. The first-order chi connectivity index (χ1) is 9.58. The van der Waals surface area contributed by atoms with Crippen molar-refractivity contribution in [1.29, 1.82) is 0 Å². The van der Waals surface area contributed by atoms with Crippen molar-refractivity contribution in [2.75, 3.05) is 0 Å². The lowest BCUT2D eigenvalue weighted by atomic mass is 9.85. The maximum atomic E-state index is 12.2. The number of carbonyl (C=O) groups is 1. The Labute approximate surface area is 129 Å². The predicted octanol–water partition coefficient (Wildman–Crippen LogP) is 2.83. The van der Waals surface area contributed by atoms with Gasteiger partial charge in [-0.1, -0.05) is 23.7 Å². The van der Waals surface area contributed by atoms with E-state index in [1.54, 1.807) is 0 Å². The van der Waals surface area contributed by atoms with Gasteiger partial charge >= 0.3 is 0 Å². The average Bonchev–Trinajstić information content (AvgIpc) is 2.46. The summed E-state index contributed by atoms with van der Waals surface area (Å²) in [5.74, 6) is 0.106.